The topological polar surface area (TPSA) is 61.8 Å². The number of hydrogen-bond acceptors (Lipinski definition) is 4. The number of morpholine rings is 1. The van der Waals surface area contributed by atoms with Crippen molar-refractivity contribution in [3.63, 3.8) is 0 Å². The quantitative estimate of drug-likeness (QED) is 0.440. The fourth-order valence-corrected chi connectivity index (χ4v) is 4.33. The molecule has 5 rings (SSSR count). The summed E-state index contributed by atoms with van der Waals surface area (Å²) in [4.78, 5) is 14.9. The molecule has 1 saturated heterocycles. The van der Waals surface area contributed by atoms with Gasteiger partial charge in [0, 0.05) is 35.5 Å². The number of fused-ring (bicyclic) bond motifs is 1. The van der Waals surface area contributed by atoms with Crippen molar-refractivity contribution in [1.82, 2.24) is 0 Å². The number of aliphatic hydroxyl groups excluding tert-OH is 1. The molecule has 2 heterocycles. The van der Waals surface area contributed by atoms with Gasteiger partial charge < -0.3 is 20.1 Å². The van der Waals surface area contributed by atoms with E-state index in [1.54, 1.807) is 18.2 Å². The van der Waals surface area contributed by atoms with Crippen molar-refractivity contribution in [2.45, 2.75) is 0 Å². The first-order chi connectivity index (χ1) is 15.1. The lowest BCUT2D eigenvalue weighted by molar-refractivity contribution is -0.110. The number of halogens is 1. The maximum absolute atomic E-state index is 12.6. The minimum atomic E-state index is -0.341. The van der Waals surface area contributed by atoms with Gasteiger partial charge in [-0.25, -0.2) is 0 Å². The monoisotopic (exact) mass is 432 g/mol. The number of nitrogens with one attached hydrogen (secondary N) is 1. The first-order valence-electron chi connectivity index (χ1n) is 10.2. The third-order valence-corrected chi connectivity index (χ3v) is 6.00. The van der Waals surface area contributed by atoms with Gasteiger partial charge in [0.25, 0.3) is 5.91 Å². The highest BCUT2D eigenvalue weighted by atomic mass is 35.5. The largest absolute Gasteiger partial charge is 0.506 e. The lowest BCUT2D eigenvalue weighted by Crippen LogP contribution is -2.36. The number of aliphatic hydroxyl groups is 1. The molecule has 3 aromatic carbocycles. The zero-order chi connectivity index (χ0) is 21.4. The van der Waals surface area contributed by atoms with Crippen LogP contribution in [0.2, 0.25) is 5.02 Å². The molecular formula is C25H21ClN2O3. The Bertz CT molecular complexity index is 1170. The van der Waals surface area contributed by atoms with E-state index in [2.05, 4.69) is 22.3 Å². The minimum absolute atomic E-state index is 0.0483. The maximum Gasteiger partial charge on any atom is 0.260 e. The summed E-state index contributed by atoms with van der Waals surface area (Å²) in [5, 5.41) is 14.2. The van der Waals surface area contributed by atoms with Gasteiger partial charge in [-0.1, -0.05) is 54.1 Å². The number of ether oxygens (including phenoxy) is 1. The lowest BCUT2D eigenvalue weighted by Gasteiger charge is -2.29. The third kappa shape index (κ3) is 3.67. The van der Waals surface area contributed by atoms with Crippen molar-refractivity contribution >= 4 is 40.2 Å². The van der Waals surface area contributed by atoms with E-state index in [0.717, 1.165) is 43.1 Å². The second-order valence-electron chi connectivity index (χ2n) is 7.57. The van der Waals surface area contributed by atoms with Crippen molar-refractivity contribution in [3.8, 4) is 11.1 Å². The van der Waals surface area contributed by atoms with Gasteiger partial charge in [0.15, 0.2) is 0 Å². The standard InChI is InChI=1S/C25H21ClN2O3/c26-21-15-22-20(23(25(30)27-22)24(29)17-4-2-1-3-5-17)14-19(21)16-6-8-18(9-7-16)28-10-12-31-13-11-28/h1-9,14-15,29H,10-13H2,(H,27,30). The van der Waals surface area contributed by atoms with Gasteiger partial charge in [-0.15, -0.1) is 0 Å². The van der Waals surface area contributed by atoms with E-state index in [9.17, 15) is 9.90 Å². The van der Waals surface area contributed by atoms with Gasteiger partial charge in [-0.2, -0.15) is 0 Å². The summed E-state index contributed by atoms with van der Waals surface area (Å²) in [7, 11) is 0. The number of carbonyl (C=O) groups excluding carboxylic acids is 1. The van der Waals surface area contributed by atoms with Crippen LogP contribution in [0.25, 0.3) is 22.5 Å². The Morgan fingerprint density at radius 1 is 0.968 bits per heavy atom. The lowest BCUT2D eigenvalue weighted by atomic mass is 9.97. The number of rotatable bonds is 3. The van der Waals surface area contributed by atoms with E-state index in [1.807, 2.05) is 36.4 Å². The van der Waals surface area contributed by atoms with Crippen molar-refractivity contribution in [1.29, 1.82) is 0 Å². The Balaban J connectivity index is 1.54. The Morgan fingerprint density at radius 2 is 1.68 bits per heavy atom. The van der Waals surface area contributed by atoms with E-state index >= 15 is 0 Å². The first-order valence-corrected chi connectivity index (χ1v) is 10.6. The van der Waals surface area contributed by atoms with Crippen LogP contribution < -0.4 is 10.2 Å². The molecular weight excluding hydrogens is 412 g/mol. The number of amides is 1. The van der Waals surface area contributed by atoms with E-state index in [0.29, 0.717) is 21.8 Å². The van der Waals surface area contributed by atoms with E-state index in [1.165, 1.54) is 0 Å². The van der Waals surface area contributed by atoms with E-state index in [4.69, 9.17) is 16.3 Å². The molecule has 0 atom stereocenters. The predicted molar refractivity (Wildman–Crippen MR) is 124 cm³/mol. The number of hydrogen-bond donors (Lipinski definition) is 2. The maximum atomic E-state index is 12.6. The van der Waals surface area contributed by atoms with Crippen molar-refractivity contribution in [3.05, 3.63) is 82.9 Å². The highest BCUT2D eigenvalue weighted by Crippen LogP contribution is 2.42. The second-order valence-corrected chi connectivity index (χ2v) is 7.97. The van der Waals surface area contributed by atoms with E-state index in [-0.39, 0.29) is 17.2 Å². The molecule has 1 fully saturated rings. The molecule has 31 heavy (non-hydrogen) atoms. The fraction of sp³-hybridized carbons (Fsp3) is 0.160. The molecule has 1 amide bonds. The highest BCUT2D eigenvalue weighted by molar-refractivity contribution is 6.38. The molecule has 6 heteroatoms. The van der Waals surface area contributed by atoms with Crippen LogP contribution in [0, 0.1) is 0 Å². The van der Waals surface area contributed by atoms with Crippen LogP contribution in [-0.2, 0) is 9.53 Å². The van der Waals surface area contributed by atoms with Crippen LogP contribution in [0.3, 0.4) is 0 Å². The summed E-state index contributed by atoms with van der Waals surface area (Å²) in [6, 6.07) is 20.9. The Kier molecular flexibility index (Phi) is 5.14. The normalized spacial score (nSPS) is 17.3. The number of benzene rings is 3. The Morgan fingerprint density at radius 3 is 2.39 bits per heavy atom. The van der Waals surface area contributed by atoms with Gasteiger partial charge in [-0.05, 0) is 29.8 Å². The molecule has 5 nitrogen and oxygen atoms in total. The SMILES string of the molecule is O=C1Nc2cc(Cl)c(-c3ccc(N4CCOCC4)cc3)cc2C1=C(O)c1ccccc1. The molecule has 0 radical (unpaired) electrons. The van der Waals surface area contributed by atoms with Crippen LogP contribution in [0.5, 0.6) is 0 Å². The molecule has 156 valence electrons. The van der Waals surface area contributed by atoms with Crippen molar-refractivity contribution in [2.75, 3.05) is 36.5 Å². The number of carbonyl (C=O) groups is 1. The van der Waals surface area contributed by atoms with Gasteiger partial charge in [0.05, 0.1) is 29.5 Å². The first kappa shape index (κ1) is 19.7. The van der Waals surface area contributed by atoms with Crippen LogP contribution in [0.4, 0.5) is 11.4 Å². The Labute approximate surface area is 185 Å². The molecule has 0 spiro atoms. The smallest absolute Gasteiger partial charge is 0.260 e. The molecule has 0 saturated carbocycles. The molecule has 2 aliphatic heterocycles. The summed E-state index contributed by atoms with van der Waals surface area (Å²) in [6.45, 7) is 3.22. The number of anilines is 2. The number of nitrogens with zero attached hydrogens (tertiary/aromatic N) is 1. The zero-order valence-electron chi connectivity index (χ0n) is 16.8. The van der Waals surface area contributed by atoms with E-state index < -0.39 is 0 Å². The average Bonchev–Trinajstić information content (AvgIpc) is 3.13. The van der Waals surface area contributed by atoms with Crippen LogP contribution in [-0.4, -0.2) is 37.3 Å². The predicted octanol–water partition coefficient (Wildman–Crippen LogP) is 5.22. The molecule has 2 N–H and O–H groups in total. The van der Waals surface area contributed by atoms with Gasteiger partial charge in [-0.3, -0.25) is 4.79 Å². The molecule has 3 aromatic rings. The van der Waals surface area contributed by atoms with Crippen molar-refractivity contribution < 1.29 is 14.6 Å². The molecule has 0 aromatic heterocycles. The average molecular weight is 433 g/mol. The zero-order valence-corrected chi connectivity index (χ0v) is 17.5. The summed E-state index contributed by atoms with van der Waals surface area (Å²) in [5.74, 6) is -0.389. The summed E-state index contributed by atoms with van der Waals surface area (Å²) in [6.07, 6.45) is 0. The van der Waals surface area contributed by atoms with Gasteiger partial charge in [0.1, 0.15) is 5.76 Å². The summed E-state index contributed by atoms with van der Waals surface area (Å²) >= 11 is 6.57. The second kappa shape index (κ2) is 8.10. The van der Waals surface area contributed by atoms with Crippen LogP contribution in [0.1, 0.15) is 11.1 Å². The van der Waals surface area contributed by atoms with Crippen LogP contribution in [0.15, 0.2) is 66.7 Å². The van der Waals surface area contributed by atoms with Gasteiger partial charge in [0.2, 0.25) is 0 Å². The van der Waals surface area contributed by atoms with Crippen molar-refractivity contribution in [2.24, 2.45) is 0 Å². The molecule has 2 aliphatic rings. The van der Waals surface area contributed by atoms with Crippen LogP contribution >= 0.6 is 11.6 Å². The Hall–Kier alpha value is -3.28. The van der Waals surface area contributed by atoms with Gasteiger partial charge >= 0.3 is 0 Å². The third-order valence-electron chi connectivity index (χ3n) is 5.69. The molecule has 0 bridgehead atoms. The summed E-state index contributed by atoms with van der Waals surface area (Å²) in [5.41, 5.74) is 4.98. The minimum Gasteiger partial charge on any atom is -0.506 e. The molecule has 0 aliphatic carbocycles. The summed E-state index contributed by atoms with van der Waals surface area (Å²) < 4.78 is 5.43. The highest BCUT2D eigenvalue weighted by Gasteiger charge is 2.29. The fourth-order valence-electron chi connectivity index (χ4n) is 4.06. The molecule has 0 unspecified atom stereocenters.